The minimum absolute atomic E-state index is 0.103. The molecular weight excluding hydrogens is 236 g/mol. The van der Waals surface area contributed by atoms with E-state index in [2.05, 4.69) is 45.3 Å². The van der Waals surface area contributed by atoms with E-state index >= 15 is 0 Å². The minimum atomic E-state index is -0.111. The Morgan fingerprint density at radius 2 is 1.74 bits per heavy atom. The van der Waals surface area contributed by atoms with Crippen LogP contribution in [0.15, 0.2) is 0 Å². The standard InChI is InChI=1S/C16H32N2O/c1-7-16(5,6)18-15(19)13(4)17-14-9-11(2)8-12(3)10-14/h11-14,17H,7-10H2,1-6H3,(H,18,19). The van der Waals surface area contributed by atoms with Crippen molar-refractivity contribution in [2.75, 3.05) is 0 Å². The van der Waals surface area contributed by atoms with Crippen LogP contribution in [0.4, 0.5) is 0 Å². The van der Waals surface area contributed by atoms with Gasteiger partial charge in [-0.15, -0.1) is 0 Å². The van der Waals surface area contributed by atoms with Crippen LogP contribution in [0.25, 0.3) is 0 Å². The summed E-state index contributed by atoms with van der Waals surface area (Å²) in [5.74, 6) is 1.66. The van der Waals surface area contributed by atoms with Gasteiger partial charge < -0.3 is 10.6 Å². The molecule has 0 aromatic rings. The molecule has 0 aliphatic heterocycles. The first-order chi connectivity index (χ1) is 8.73. The van der Waals surface area contributed by atoms with Gasteiger partial charge in [0.05, 0.1) is 6.04 Å². The lowest BCUT2D eigenvalue weighted by molar-refractivity contribution is -0.124. The number of rotatable bonds is 5. The largest absolute Gasteiger partial charge is 0.350 e. The number of hydrogen-bond donors (Lipinski definition) is 2. The fourth-order valence-corrected chi connectivity index (χ4v) is 3.04. The summed E-state index contributed by atoms with van der Waals surface area (Å²) in [6, 6.07) is 0.387. The van der Waals surface area contributed by atoms with Crippen LogP contribution in [0.5, 0.6) is 0 Å². The highest BCUT2D eigenvalue weighted by atomic mass is 16.2. The van der Waals surface area contributed by atoms with Gasteiger partial charge in [0.2, 0.25) is 5.91 Å². The van der Waals surface area contributed by atoms with Crippen molar-refractivity contribution in [2.24, 2.45) is 11.8 Å². The topological polar surface area (TPSA) is 41.1 Å². The third-order valence-electron chi connectivity index (χ3n) is 4.40. The SMILES string of the molecule is CCC(C)(C)NC(=O)C(C)NC1CC(C)CC(C)C1. The second kappa shape index (κ2) is 6.74. The lowest BCUT2D eigenvalue weighted by atomic mass is 9.80. The average molecular weight is 268 g/mol. The first kappa shape index (κ1) is 16.5. The van der Waals surface area contributed by atoms with Crippen LogP contribution in [0.3, 0.4) is 0 Å². The number of carbonyl (C=O) groups is 1. The quantitative estimate of drug-likeness (QED) is 0.804. The molecule has 3 heteroatoms. The van der Waals surface area contributed by atoms with E-state index in [0.717, 1.165) is 18.3 Å². The fourth-order valence-electron chi connectivity index (χ4n) is 3.04. The van der Waals surface area contributed by atoms with Crippen LogP contribution < -0.4 is 10.6 Å². The maximum atomic E-state index is 12.2. The lowest BCUT2D eigenvalue weighted by Crippen LogP contribution is -2.53. The molecule has 0 radical (unpaired) electrons. The Morgan fingerprint density at radius 1 is 1.21 bits per heavy atom. The van der Waals surface area contributed by atoms with Crippen molar-refractivity contribution < 1.29 is 4.79 Å². The zero-order valence-corrected chi connectivity index (χ0v) is 13.5. The third kappa shape index (κ3) is 5.52. The average Bonchev–Trinajstić information content (AvgIpc) is 2.26. The van der Waals surface area contributed by atoms with Crippen LogP contribution in [0.2, 0.25) is 0 Å². The second-order valence-electron chi connectivity index (χ2n) is 7.23. The van der Waals surface area contributed by atoms with Crippen molar-refractivity contribution >= 4 is 5.91 Å². The van der Waals surface area contributed by atoms with Gasteiger partial charge in [-0.3, -0.25) is 4.79 Å². The monoisotopic (exact) mass is 268 g/mol. The normalized spacial score (nSPS) is 29.9. The Morgan fingerprint density at radius 3 is 2.21 bits per heavy atom. The summed E-state index contributed by atoms with van der Waals surface area (Å²) in [6.07, 6.45) is 4.66. The number of nitrogens with one attached hydrogen (secondary N) is 2. The van der Waals surface area contributed by atoms with Crippen molar-refractivity contribution in [1.82, 2.24) is 10.6 Å². The maximum absolute atomic E-state index is 12.2. The molecule has 1 aliphatic carbocycles. The van der Waals surface area contributed by atoms with Gasteiger partial charge in [0, 0.05) is 11.6 Å². The van der Waals surface area contributed by atoms with E-state index < -0.39 is 0 Å². The van der Waals surface area contributed by atoms with Gasteiger partial charge in [0.25, 0.3) is 0 Å². The van der Waals surface area contributed by atoms with E-state index in [4.69, 9.17) is 0 Å². The first-order valence-corrected chi connectivity index (χ1v) is 7.81. The second-order valence-corrected chi connectivity index (χ2v) is 7.23. The highest BCUT2D eigenvalue weighted by Gasteiger charge is 2.27. The van der Waals surface area contributed by atoms with E-state index in [1.807, 2.05) is 6.92 Å². The van der Waals surface area contributed by atoms with Gasteiger partial charge in [-0.25, -0.2) is 0 Å². The lowest BCUT2D eigenvalue weighted by Gasteiger charge is -2.34. The number of amides is 1. The van der Waals surface area contributed by atoms with Crippen molar-refractivity contribution in [3.63, 3.8) is 0 Å². The zero-order chi connectivity index (χ0) is 14.6. The molecule has 1 amide bonds. The van der Waals surface area contributed by atoms with E-state index in [1.165, 1.54) is 19.3 Å². The highest BCUT2D eigenvalue weighted by molar-refractivity contribution is 5.82. The van der Waals surface area contributed by atoms with Crippen molar-refractivity contribution in [3.8, 4) is 0 Å². The van der Waals surface area contributed by atoms with Crippen LogP contribution in [0, 0.1) is 11.8 Å². The van der Waals surface area contributed by atoms with E-state index in [9.17, 15) is 4.79 Å². The van der Waals surface area contributed by atoms with Crippen LogP contribution in [-0.4, -0.2) is 23.5 Å². The van der Waals surface area contributed by atoms with Crippen molar-refractivity contribution in [2.45, 2.75) is 84.8 Å². The van der Waals surface area contributed by atoms with E-state index in [1.54, 1.807) is 0 Å². The summed E-state index contributed by atoms with van der Waals surface area (Å²) in [5.41, 5.74) is -0.111. The molecule has 1 aliphatic rings. The summed E-state index contributed by atoms with van der Waals surface area (Å²) in [5, 5.41) is 6.63. The molecule has 19 heavy (non-hydrogen) atoms. The molecule has 0 bridgehead atoms. The van der Waals surface area contributed by atoms with Gasteiger partial charge in [-0.05, 0) is 58.3 Å². The molecule has 0 spiro atoms. The van der Waals surface area contributed by atoms with E-state index in [0.29, 0.717) is 6.04 Å². The smallest absolute Gasteiger partial charge is 0.237 e. The molecular formula is C16H32N2O. The third-order valence-corrected chi connectivity index (χ3v) is 4.40. The molecule has 112 valence electrons. The van der Waals surface area contributed by atoms with E-state index in [-0.39, 0.29) is 17.5 Å². The molecule has 0 heterocycles. The Balaban J connectivity index is 2.45. The molecule has 3 nitrogen and oxygen atoms in total. The Bertz CT molecular complexity index is 291. The van der Waals surface area contributed by atoms with Gasteiger partial charge in [-0.2, -0.15) is 0 Å². The molecule has 1 fully saturated rings. The molecule has 0 saturated heterocycles. The van der Waals surface area contributed by atoms with Crippen LogP contribution >= 0.6 is 0 Å². The van der Waals surface area contributed by atoms with Gasteiger partial charge in [0.15, 0.2) is 0 Å². The minimum Gasteiger partial charge on any atom is -0.350 e. The van der Waals surface area contributed by atoms with Crippen LogP contribution in [0.1, 0.15) is 67.2 Å². The summed E-state index contributed by atoms with van der Waals surface area (Å²) in [7, 11) is 0. The molecule has 0 aromatic heterocycles. The van der Waals surface area contributed by atoms with Crippen molar-refractivity contribution in [3.05, 3.63) is 0 Å². The van der Waals surface area contributed by atoms with Crippen LogP contribution in [-0.2, 0) is 4.79 Å². The molecule has 3 unspecified atom stereocenters. The predicted octanol–water partition coefficient (Wildman–Crippen LogP) is 3.09. The predicted molar refractivity (Wildman–Crippen MR) is 81.1 cm³/mol. The Kier molecular flexibility index (Phi) is 5.84. The number of hydrogen-bond acceptors (Lipinski definition) is 2. The summed E-state index contributed by atoms with van der Waals surface area (Å²) in [6.45, 7) is 12.9. The fraction of sp³-hybridized carbons (Fsp3) is 0.938. The summed E-state index contributed by atoms with van der Waals surface area (Å²) >= 11 is 0. The molecule has 2 N–H and O–H groups in total. The zero-order valence-electron chi connectivity index (χ0n) is 13.5. The molecule has 3 atom stereocenters. The molecule has 1 rings (SSSR count). The van der Waals surface area contributed by atoms with Gasteiger partial charge in [0.1, 0.15) is 0 Å². The van der Waals surface area contributed by atoms with Gasteiger partial charge in [-0.1, -0.05) is 20.8 Å². The summed E-state index contributed by atoms with van der Waals surface area (Å²) < 4.78 is 0. The molecule has 1 saturated carbocycles. The Labute approximate surface area is 118 Å². The summed E-state index contributed by atoms with van der Waals surface area (Å²) in [4.78, 5) is 12.2. The highest BCUT2D eigenvalue weighted by Crippen LogP contribution is 2.28. The molecule has 0 aromatic carbocycles. The Hall–Kier alpha value is -0.570. The number of carbonyl (C=O) groups excluding carboxylic acids is 1. The van der Waals surface area contributed by atoms with Crippen molar-refractivity contribution in [1.29, 1.82) is 0 Å². The maximum Gasteiger partial charge on any atom is 0.237 e. The first-order valence-electron chi connectivity index (χ1n) is 7.81. The van der Waals surface area contributed by atoms with Gasteiger partial charge >= 0.3 is 0 Å².